The number of ketones is 1. The van der Waals surface area contributed by atoms with Gasteiger partial charge in [-0.25, -0.2) is 9.18 Å². The fourth-order valence-corrected chi connectivity index (χ4v) is 5.49. The van der Waals surface area contributed by atoms with Crippen molar-refractivity contribution in [1.82, 2.24) is 4.90 Å². The summed E-state index contributed by atoms with van der Waals surface area (Å²) in [4.78, 5) is 29.3. The lowest BCUT2D eigenvalue weighted by atomic mass is 9.84. The van der Waals surface area contributed by atoms with E-state index in [0.29, 0.717) is 18.5 Å². The van der Waals surface area contributed by atoms with Crippen LogP contribution in [0, 0.1) is 17.7 Å². The lowest BCUT2D eigenvalue weighted by molar-refractivity contribution is -0.158. The van der Waals surface area contributed by atoms with E-state index in [1.165, 1.54) is 11.6 Å². The number of hydrogen-bond donors (Lipinski definition) is 0. The number of esters is 1. The maximum atomic E-state index is 15.1. The molecule has 7 heteroatoms. The Balaban J connectivity index is 1.52. The van der Waals surface area contributed by atoms with Gasteiger partial charge in [-0.15, -0.1) is 11.8 Å². The van der Waals surface area contributed by atoms with E-state index >= 15 is 4.39 Å². The van der Waals surface area contributed by atoms with Gasteiger partial charge in [0.05, 0.1) is 6.61 Å². The fraction of sp³-hybridized carbons (Fsp3) is 0.375. The molecule has 1 aliphatic rings. The second-order valence-corrected chi connectivity index (χ2v) is 11.3. The van der Waals surface area contributed by atoms with Crippen molar-refractivity contribution in [2.75, 3.05) is 26.0 Å². The third kappa shape index (κ3) is 7.28. The van der Waals surface area contributed by atoms with Crippen molar-refractivity contribution >= 4 is 23.5 Å². The number of carbonyl (C=O) groups is 2. The third-order valence-electron chi connectivity index (χ3n) is 7.10. The Bertz CT molecular complexity index is 1280. The molecule has 4 rings (SSSR count). The van der Waals surface area contributed by atoms with Gasteiger partial charge in [0, 0.05) is 36.0 Å². The Labute approximate surface area is 234 Å². The lowest BCUT2D eigenvalue weighted by Gasteiger charge is -2.24. The fourth-order valence-electron chi connectivity index (χ4n) is 5.08. The first-order valence-electron chi connectivity index (χ1n) is 13.3. The number of nitrogens with zero attached hydrogens (tertiary/aromatic N) is 1. The van der Waals surface area contributed by atoms with E-state index in [1.54, 1.807) is 38.6 Å². The minimum atomic E-state index is -1.31. The molecule has 2 atom stereocenters. The molecule has 0 N–H and O–H groups in total. The summed E-state index contributed by atoms with van der Waals surface area (Å²) >= 11 is 1.64. The minimum Gasteiger partial charge on any atom is -0.473 e. The van der Waals surface area contributed by atoms with Gasteiger partial charge in [-0.3, -0.25) is 9.69 Å². The molecule has 1 fully saturated rings. The van der Waals surface area contributed by atoms with Crippen molar-refractivity contribution in [2.45, 2.75) is 44.2 Å². The van der Waals surface area contributed by atoms with Crippen molar-refractivity contribution in [3.05, 3.63) is 95.3 Å². The largest absolute Gasteiger partial charge is 0.473 e. The minimum absolute atomic E-state index is 0.00422. The van der Waals surface area contributed by atoms with E-state index in [9.17, 15) is 9.59 Å². The van der Waals surface area contributed by atoms with Gasteiger partial charge in [-0.1, -0.05) is 48.5 Å². The molecule has 0 spiro atoms. The van der Waals surface area contributed by atoms with Gasteiger partial charge in [0.1, 0.15) is 0 Å². The van der Waals surface area contributed by atoms with Gasteiger partial charge < -0.3 is 9.47 Å². The van der Waals surface area contributed by atoms with Crippen LogP contribution in [0.1, 0.15) is 42.3 Å². The van der Waals surface area contributed by atoms with Gasteiger partial charge >= 0.3 is 5.97 Å². The summed E-state index contributed by atoms with van der Waals surface area (Å²) in [7, 11) is 0. The van der Waals surface area contributed by atoms with Crippen LogP contribution in [0.2, 0.25) is 0 Å². The summed E-state index contributed by atoms with van der Waals surface area (Å²) in [6, 6.07) is 22.8. The number of halogens is 1. The predicted molar refractivity (Wildman–Crippen MR) is 153 cm³/mol. The molecule has 0 unspecified atom stereocenters. The number of thioether (sulfide) groups is 1. The number of hydrogen-bond acceptors (Lipinski definition) is 6. The maximum Gasteiger partial charge on any atom is 0.349 e. The second-order valence-electron chi connectivity index (χ2n) is 10.4. The molecule has 0 bridgehead atoms. The van der Waals surface area contributed by atoms with Crippen LogP contribution in [-0.2, 0) is 22.5 Å². The smallest absolute Gasteiger partial charge is 0.349 e. The summed E-state index contributed by atoms with van der Waals surface area (Å²) in [6.45, 7) is 7.20. The van der Waals surface area contributed by atoms with E-state index in [2.05, 4.69) is 17.0 Å². The molecule has 3 aromatic rings. The average molecular weight is 550 g/mol. The van der Waals surface area contributed by atoms with E-state index in [4.69, 9.17) is 9.47 Å². The highest BCUT2D eigenvalue weighted by atomic mass is 32.2. The van der Waals surface area contributed by atoms with Crippen LogP contribution in [0.3, 0.4) is 0 Å². The van der Waals surface area contributed by atoms with Crippen LogP contribution in [0.4, 0.5) is 4.39 Å². The molecule has 1 aliphatic heterocycles. The second kappa shape index (κ2) is 12.8. The van der Waals surface area contributed by atoms with E-state index in [0.717, 1.165) is 23.5 Å². The SMILES string of the molecule is CCOC(=O)C(C)(C)Oc1ccc(C[C@H]2CN(Cc3ccccc3)C[C@@H]2C(=O)c2ccc(SC)cc2)cc1F. The van der Waals surface area contributed by atoms with Gasteiger partial charge in [-0.2, -0.15) is 0 Å². The van der Waals surface area contributed by atoms with E-state index in [-0.39, 0.29) is 30.0 Å². The number of rotatable bonds is 11. The molecule has 0 radical (unpaired) electrons. The number of ether oxygens (including phenoxy) is 2. The summed E-state index contributed by atoms with van der Waals surface area (Å²) in [5, 5.41) is 0. The van der Waals surface area contributed by atoms with Crippen molar-refractivity contribution in [3.8, 4) is 5.75 Å². The monoisotopic (exact) mass is 549 g/mol. The van der Waals surface area contributed by atoms with Gasteiger partial charge in [0.2, 0.25) is 0 Å². The third-order valence-corrected chi connectivity index (χ3v) is 7.85. The zero-order valence-corrected chi connectivity index (χ0v) is 23.8. The Morgan fingerprint density at radius 2 is 1.72 bits per heavy atom. The van der Waals surface area contributed by atoms with E-state index < -0.39 is 17.4 Å². The Morgan fingerprint density at radius 3 is 2.36 bits per heavy atom. The van der Waals surface area contributed by atoms with E-state index in [1.807, 2.05) is 54.8 Å². The Morgan fingerprint density at radius 1 is 1.00 bits per heavy atom. The van der Waals surface area contributed by atoms with Crippen molar-refractivity contribution < 1.29 is 23.5 Å². The lowest BCUT2D eigenvalue weighted by Crippen LogP contribution is -2.40. The van der Waals surface area contributed by atoms with Gasteiger partial charge in [-0.05, 0) is 74.8 Å². The van der Waals surface area contributed by atoms with Crippen LogP contribution in [-0.4, -0.2) is 48.2 Å². The molecule has 39 heavy (non-hydrogen) atoms. The molecule has 0 saturated carbocycles. The summed E-state index contributed by atoms with van der Waals surface area (Å²) in [5.41, 5.74) is 1.38. The summed E-state index contributed by atoms with van der Waals surface area (Å²) in [5.74, 6) is -1.14. The Hall–Kier alpha value is -3.16. The molecule has 3 aromatic carbocycles. The topological polar surface area (TPSA) is 55.8 Å². The highest BCUT2D eigenvalue weighted by molar-refractivity contribution is 7.98. The van der Waals surface area contributed by atoms with Crippen LogP contribution in [0.5, 0.6) is 5.75 Å². The van der Waals surface area contributed by atoms with Crippen molar-refractivity contribution in [3.63, 3.8) is 0 Å². The summed E-state index contributed by atoms with van der Waals surface area (Å²) in [6.07, 6.45) is 2.57. The van der Waals surface area contributed by atoms with Crippen molar-refractivity contribution in [2.24, 2.45) is 11.8 Å². The first kappa shape index (κ1) is 28.8. The maximum absolute atomic E-state index is 15.1. The quantitative estimate of drug-likeness (QED) is 0.156. The number of carbonyl (C=O) groups excluding carboxylic acids is 2. The standard InChI is InChI=1S/C32H36FNO4S/c1-5-37-31(36)32(2,3)38-29-16-11-23(18-28(29)33)17-25-20-34(19-22-9-7-6-8-10-22)21-27(25)30(35)24-12-14-26(39-4)15-13-24/h6-16,18,25,27H,5,17,19-21H2,1-4H3/t25-,27-/m0/s1. The number of Topliss-reactive ketones (excluding diaryl/α,β-unsaturated/α-hetero) is 1. The molecular weight excluding hydrogens is 513 g/mol. The molecular formula is C32H36FNO4S. The van der Waals surface area contributed by atoms with Gasteiger partial charge in [0.15, 0.2) is 23.0 Å². The molecule has 1 saturated heterocycles. The highest BCUT2D eigenvalue weighted by Gasteiger charge is 2.38. The molecule has 0 aromatic heterocycles. The van der Waals surface area contributed by atoms with Gasteiger partial charge in [0.25, 0.3) is 0 Å². The molecule has 0 amide bonds. The zero-order valence-electron chi connectivity index (χ0n) is 23.0. The molecule has 1 heterocycles. The molecule has 5 nitrogen and oxygen atoms in total. The number of benzene rings is 3. The highest BCUT2D eigenvalue weighted by Crippen LogP contribution is 2.33. The predicted octanol–water partition coefficient (Wildman–Crippen LogP) is 6.44. The Kier molecular flexibility index (Phi) is 9.46. The number of likely N-dealkylation sites (tertiary alicyclic amines) is 1. The van der Waals surface area contributed by atoms with Crippen LogP contribution in [0.25, 0.3) is 0 Å². The summed E-state index contributed by atoms with van der Waals surface area (Å²) < 4.78 is 25.8. The molecule has 0 aliphatic carbocycles. The normalized spacial score (nSPS) is 17.7. The van der Waals surface area contributed by atoms with Crippen LogP contribution in [0.15, 0.2) is 77.7 Å². The molecule has 206 valence electrons. The van der Waals surface area contributed by atoms with Crippen LogP contribution < -0.4 is 4.74 Å². The van der Waals surface area contributed by atoms with Crippen molar-refractivity contribution in [1.29, 1.82) is 0 Å². The van der Waals surface area contributed by atoms with Crippen LogP contribution >= 0.6 is 11.8 Å². The average Bonchev–Trinajstić information content (AvgIpc) is 3.32. The first-order valence-corrected chi connectivity index (χ1v) is 14.5. The first-order chi connectivity index (χ1) is 18.7. The zero-order chi connectivity index (χ0) is 28.0.